The number of aromatic nitrogens is 2. The number of imidazole rings is 1. The fourth-order valence-electron chi connectivity index (χ4n) is 0.696. The smallest absolute Gasteiger partial charge is 0.181 e. The third-order valence-electron chi connectivity index (χ3n) is 1.11. The molecule has 0 bridgehead atoms. The van der Waals surface area contributed by atoms with Crippen molar-refractivity contribution in [3.05, 3.63) is 16.7 Å². The Hall–Kier alpha value is -0.830. The Morgan fingerprint density at radius 1 is 1.70 bits per heavy atom. The van der Waals surface area contributed by atoms with Crippen molar-refractivity contribution in [1.82, 2.24) is 9.97 Å². The molecule has 0 atom stereocenters. The standard InChI is InChI=1S/C6H7ClN2O/c1-3(10)5-6(7)9-4(2)8-5/h1-2H3,(H,8,9). The van der Waals surface area contributed by atoms with Crippen molar-refractivity contribution in [3.63, 3.8) is 0 Å². The minimum absolute atomic E-state index is 0.116. The lowest BCUT2D eigenvalue weighted by Crippen LogP contribution is -1.92. The summed E-state index contributed by atoms with van der Waals surface area (Å²) in [5.74, 6) is 0.546. The molecule has 0 saturated heterocycles. The minimum atomic E-state index is -0.116. The second-order valence-corrected chi connectivity index (χ2v) is 2.42. The highest BCUT2D eigenvalue weighted by Crippen LogP contribution is 2.11. The number of ketones is 1. The summed E-state index contributed by atoms with van der Waals surface area (Å²) in [6, 6.07) is 0. The van der Waals surface area contributed by atoms with Crippen molar-refractivity contribution >= 4 is 17.4 Å². The molecule has 0 radical (unpaired) electrons. The molecule has 3 nitrogen and oxygen atoms in total. The number of carbonyl (C=O) groups is 1. The van der Waals surface area contributed by atoms with E-state index in [1.807, 2.05) is 0 Å². The zero-order chi connectivity index (χ0) is 7.72. The summed E-state index contributed by atoms with van der Waals surface area (Å²) in [5.41, 5.74) is 0.319. The van der Waals surface area contributed by atoms with Gasteiger partial charge in [-0.15, -0.1) is 0 Å². The van der Waals surface area contributed by atoms with Gasteiger partial charge in [0, 0.05) is 6.92 Å². The largest absolute Gasteiger partial charge is 0.333 e. The number of aromatic amines is 1. The van der Waals surface area contributed by atoms with E-state index < -0.39 is 0 Å². The Morgan fingerprint density at radius 2 is 2.30 bits per heavy atom. The maximum absolute atomic E-state index is 10.7. The predicted octanol–water partition coefficient (Wildman–Crippen LogP) is 1.57. The van der Waals surface area contributed by atoms with Gasteiger partial charge in [0.25, 0.3) is 0 Å². The molecule has 0 aromatic carbocycles. The first-order chi connectivity index (χ1) is 4.61. The Labute approximate surface area is 63.4 Å². The molecule has 0 saturated carbocycles. The number of aryl methyl sites for hydroxylation is 1. The van der Waals surface area contributed by atoms with E-state index in [2.05, 4.69) is 9.97 Å². The van der Waals surface area contributed by atoms with Gasteiger partial charge in [-0.25, -0.2) is 4.98 Å². The summed E-state index contributed by atoms with van der Waals surface area (Å²) in [4.78, 5) is 17.3. The maximum Gasteiger partial charge on any atom is 0.181 e. The van der Waals surface area contributed by atoms with Crippen LogP contribution in [0.3, 0.4) is 0 Å². The molecule has 0 aliphatic heterocycles. The van der Waals surface area contributed by atoms with Crippen molar-refractivity contribution in [3.8, 4) is 0 Å². The van der Waals surface area contributed by atoms with Crippen LogP contribution in [0.2, 0.25) is 5.15 Å². The molecule has 1 heterocycles. The van der Waals surface area contributed by atoms with Gasteiger partial charge in [-0.2, -0.15) is 0 Å². The van der Waals surface area contributed by atoms with Gasteiger partial charge in [0.15, 0.2) is 5.78 Å². The third kappa shape index (κ3) is 1.19. The summed E-state index contributed by atoms with van der Waals surface area (Å²) in [7, 11) is 0. The van der Waals surface area contributed by atoms with Gasteiger partial charge in [-0.3, -0.25) is 4.79 Å². The number of hydrogen-bond acceptors (Lipinski definition) is 2. The lowest BCUT2D eigenvalue weighted by molar-refractivity contribution is 0.101. The van der Waals surface area contributed by atoms with Gasteiger partial charge < -0.3 is 4.98 Å². The molecule has 54 valence electrons. The van der Waals surface area contributed by atoms with Crippen LogP contribution in [0, 0.1) is 6.92 Å². The number of halogens is 1. The molecule has 0 fully saturated rings. The number of hydrogen-bond donors (Lipinski definition) is 1. The van der Waals surface area contributed by atoms with Gasteiger partial charge in [-0.05, 0) is 6.92 Å². The molecular formula is C6H7ClN2O. The lowest BCUT2D eigenvalue weighted by Gasteiger charge is -1.84. The Bertz CT molecular complexity index is 267. The molecular weight excluding hydrogens is 152 g/mol. The summed E-state index contributed by atoms with van der Waals surface area (Å²) >= 11 is 5.60. The number of rotatable bonds is 1. The predicted molar refractivity (Wildman–Crippen MR) is 38.3 cm³/mol. The zero-order valence-electron chi connectivity index (χ0n) is 5.73. The minimum Gasteiger partial charge on any atom is -0.333 e. The molecule has 0 amide bonds. The highest BCUT2D eigenvalue weighted by Gasteiger charge is 2.08. The summed E-state index contributed by atoms with van der Waals surface area (Å²) < 4.78 is 0. The molecule has 0 aliphatic carbocycles. The van der Waals surface area contributed by atoms with Crippen molar-refractivity contribution in [2.75, 3.05) is 0 Å². The number of nitrogens with zero attached hydrogens (tertiary/aromatic N) is 1. The molecule has 1 N–H and O–H groups in total. The summed E-state index contributed by atoms with van der Waals surface area (Å²) in [6.07, 6.45) is 0. The molecule has 1 aromatic rings. The first kappa shape index (κ1) is 7.28. The van der Waals surface area contributed by atoms with E-state index in [-0.39, 0.29) is 5.78 Å². The summed E-state index contributed by atoms with van der Waals surface area (Å²) in [5, 5.41) is 0.324. The SMILES string of the molecule is CC(=O)c1nc(C)[nH]c1Cl. The molecule has 0 unspecified atom stereocenters. The molecule has 10 heavy (non-hydrogen) atoms. The number of H-pyrrole nitrogens is 1. The van der Waals surface area contributed by atoms with Gasteiger partial charge in [0.05, 0.1) is 0 Å². The monoisotopic (exact) mass is 158 g/mol. The molecule has 0 aliphatic rings. The van der Waals surface area contributed by atoms with Crippen LogP contribution in [0.1, 0.15) is 23.2 Å². The van der Waals surface area contributed by atoms with Crippen LogP contribution < -0.4 is 0 Å². The second-order valence-electron chi connectivity index (χ2n) is 2.04. The van der Waals surface area contributed by atoms with Crippen molar-refractivity contribution in [2.45, 2.75) is 13.8 Å². The van der Waals surface area contributed by atoms with Crippen LogP contribution in [0.15, 0.2) is 0 Å². The van der Waals surface area contributed by atoms with Crippen LogP contribution in [-0.2, 0) is 0 Å². The van der Waals surface area contributed by atoms with Crippen LogP contribution in [0.25, 0.3) is 0 Å². The van der Waals surface area contributed by atoms with Crippen molar-refractivity contribution < 1.29 is 4.79 Å². The third-order valence-corrected chi connectivity index (χ3v) is 1.39. The topological polar surface area (TPSA) is 45.8 Å². The van der Waals surface area contributed by atoms with Crippen LogP contribution in [0.5, 0.6) is 0 Å². The van der Waals surface area contributed by atoms with Crippen LogP contribution in [-0.4, -0.2) is 15.8 Å². The van der Waals surface area contributed by atoms with Gasteiger partial charge in [0.1, 0.15) is 16.7 Å². The van der Waals surface area contributed by atoms with E-state index >= 15 is 0 Å². The van der Waals surface area contributed by atoms with Gasteiger partial charge in [0.2, 0.25) is 0 Å². The second kappa shape index (κ2) is 2.42. The maximum atomic E-state index is 10.7. The highest BCUT2D eigenvalue weighted by molar-refractivity contribution is 6.32. The fraction of sp³-hybridized carbons (Fsp3) is 0.333. The Morgan fingerprint density at radius 3 is 2.50 bits per heavy atom. The van der Waals surface area contributed by atoms with E-state index in [0.29, 0.717) is 16.7 Å². The van der Waals surface area contributed by atoms with Gasteiger partial charge in [-0.1, -0.05) is 11.6 Å². The van der Waals surface area contributed by atoms with Crippen LogP contribution in [0.4, 0.5) is 0 Å². The number of carbonyl (C=O) groups excluding carboxylic acids is 1. The molecule has 1 aromatic heterocycles. The van der Waals surface area contributed by atoms with Crippen molar-refractivity contribution in [2.24, 2.45) is 0 Å². The Balaban J connectivity index is 3.15. The van der Waals surface area contributed by atoms with E-state index in [4.69, 9.17) is 11.6 Å². The Kier molecular flexibility index (Phi) is 1.76. The van der Waals surface area contributed by atoms with Gasteiger partial charge >= 0.3 is 0 Å². The average molecular weight is 159 g/mol. The van der Waals surface area contributed by atoms with E-state index in [1.54, 1.807) is 6.92 Å². The van der Waals surface area contributed by atoms with Crippen molar-refractivity contribution in [1.29, 1.82) is 0 Å². The lowest BCUT2D eigenvalue weighted by atomic mass is 10.3. The molecule has 0 spiro atoms. The zero-order valence-corrected chi connectivity index (χ0v) is 6.49. The van der Waals surface area contributed by atoms with E-state index in [0.717, 1.165) is 0 Å². The fourth-order valence-corrected chi connectivity index (χ4v) is 1.01. The summed E-state index contributed by atoms with van der Waals surface area (Å²) in [6.45, 7) is 3.18. The number of Topliss-reactive ketones (excluding diaryl/α,β-unsaturated/α-hetero) is 1. The molecule has 4 heteroatoms. The number of nitrogens with one attached hydrogen (secondary N) is 1. The normalized spacial score (nSPS) is 9.90. The highest BCUT2D eigenvalue weighted by atomic mass is 35.5. The average Bonchev–Trinajstić information content (AvgIpc) is 2.10. The quantitative estimate of drug-likeness (QED) is 0.631. The van der Waals surface area contributed by atoms with Crippen LogP contribution >= 0.6 is 11.6 Å². The first-order valence-corrected chi connectivity index (χ1v) is 3.22. The van der Waals surface area contributed by atoms with E-state index in [9.17, 15) is 4.79 Å². The molecule has 1 rings (SSSR count). The first-order valence-electron chi connectivity index (χ1n) is 2.84. The van der Waals surface area contributed by atoms with E-state index in [1.165, 1.54) is 6.92 Å².